The molecule has 0 aliphatic carbocycles. The van der Waals surface area contributed by atoms with Gasteiger partial charge in [-0.05, 0) is 59.5 Å². The van der Waals surface area contributed by atoms with Crippen molar-refractivity contribution in [1.82, 2.24) is 0 Å². The van der Waals surface area contributed by atoms with E-state index in [2.05, 4.69) is 65.6 Å². The van der Waals surface area contributed by atoms with Gasteiger partial charge in [0.2, 0.25) is 0 Å². The zero-order chi connectivity index (χ0) is 20.8. The molecular weight excluding hydrogens is 370 g/mol. The minimum absolute atomic E-state index is 0.156. The van der Waals surface area contributed by atoms with Gasteiger partial charge in [0.1, 0.15) is 0 Å². The van der Waals surface area contributed by atoms with Gasteiger partial charge < -0.3 is 10.0 Å². The quantitative estimate of drug-likeness (QED) is 0.374. The Hall–Kier alpha value is -3.85. The molecule has 0 unspecified atom stereocenters. The average Bonchev–Trinajstić information content (AvgIpc) is 2.80. The average molecular weight is 393 g/mol. The maximum atomic E-state index is 10.7. The number of aliphatic carboxylic acids is 1. The zero-order valence-electron chi connectivity index (χ0n) is 16.6. The predicted octanol–water partition coefficient (Wildman–Crippen LogP) is 6.84. The van der Waals surface area contributed by atoms with Gasteiger partial charge >= 0.3 is 5.97 Å². The van der Waals surface area contributed by atoms with Crippen molar-refractivity contribution in [2.75, 3.05) is 4.90 Å². The number of carboxylic acids is 1. The second-order valence-electron chi connectivity index (χ2n) is 7.14. The van der Waals surface area contributed by atoms with Crippen LogP contribution in [0.3, 0.4) is 0 Å². The normalized spacial score (nSPS) is 10.5. The van der Waals surface area contributed by atoms with E-state index in [0.29, 0.717) is 6.42 Å². The summed E-state index contributed by atoms with van der Waals surface area (Å²) in [5.41, 5.74) is 6.60. The second kappa shape index (κ2) is 9.10. The lowest BCUT2D eigenvalue weighted by Crippen LogP contribution is -2.09. The van der Waals surface area contributed by atoms with E-state index < -0.39 is 5.97 Å². The number of anilines is 3. The van der Waals surface area contributed by atoms with Crippen LogP contribution in [-0.4, -0.2) is 11.1 Å². The first-order chi connectivity index (χ1) is 14.7. The molecule has 3 nitrogen and oxygen atoms in total. The van der Waals surface area contributed by atoms with E-state index in [4.69, 9.17) is 5.11 Å². The number of hydrogen-bond acceptors (Lipinski definition) is 2. The fourth-order valence-corrected chi connectivity index (χ4v) is 3.52. The lowest BCUT2D eigenvalue weighted by atomic mass is 10.0. The number of hydrogen-bond donors (Lipinski definition) is 1. The Morgan fingerprint density at radius 2 is 1.03 bits per heavy atom. The maximum absolute atomic E-state index is 10.7. The zero-order valence-corrected chi connectivity index (χ0v) is 16.6. The van der Waals surface area contributed by atoms with Crippen molar-refractivity contribution in [3.8, 4) is 11.1 Å². The molecule has 4 rings (SSSR count). The van der Waals surface area contributed by atoms with Crippen LogP contribution < -0.4 is 4.90 Å². The predicted molar refractivity (Wildman–Crippen MR) is 123 cm³/mol. The third-order valence-electron chi connectivity index (χ3n) is 5.07. The van der Waals surface area contributed by atoms with E-state index >= 15 is 0 Å². The summed E-state index contributed by atoms with van der Waals surface area (Å²) in [6, 6.07) is 37.3. The van der Waals surface area contributed by atoms with Crippen molar-refractivity contribution >= 4 is 23.0 Å². The minimum Gasteiger partial charge on any atom is -0.481 e. The molecule has 0 aliphatic rings. The number of carboxylic acid groups (broad SMARTS) is 1. The van der Waals surface area contributed by atoms with E-state index in [0.717, 1.165) is 33.8 Å². The first-order valence-electron chi connectivity index (χ1n) is 10.0. The van der Waals surface area contributed by atoms with E-state index in [1.165, 1.54) is 0 Å². The van der Waals surface area contributed by atoms with Gasteiger partial charge in [-0.15, -0.1) is 0 Å². The SMILES string of the molecule is O=C(O)CCc1ccc(-c2ccc(N(c3ccccc3)c3ccccc3)cc2)cc1. The highest BCUT2D eigenvalue weighted by Crippen LogP contribution is 2.35. The monoisotopic (exact) mass is 393 g/mol. The van der Waals surface area contributed by atoms with Crippen LogP contribution in [0, 0.1) is 0 Å². The topological polar surface area (TPSA) is 40.5 Å². The Morgan fingerprint density at radius 1 is 0.600 bits per heavy atom. The fourth-order valence-electron chi connectivity index (χ4n) is 3.52. The summed E-state index contributed by atoms with van der Waals surface area (Å²) >= 11 is 0. The lowest BCUT2D eigenvalue weighted by Gasteiger charge is -2.25. The molecule has 0 aromatic heterocycles. The second-order valence-corrected chi connectivity index (χ2v) is 7.14. The van der Waals surface area contributed by atoms with Crippen molar-refractivity contribution in [1.29, 1.82) is 0 Å². The van der Waals surface area contributed by atoms with Crippen molar-refractivity contribution < 1.29 is 9.90 Å². The molecule has 0 radical (unpaired) electrons. The van der Waals surface area contributed by atoms with Crippen LogP contribution in [0.15, 0.2) is 109 Å². The Bertz CT molecular complexity index is 1050. The Morgan fingerprint density at radius 3 is 1.50 bits per heavy atom. The Labute approximate surface area is 176 Å². The van der Waals surface area contributed by atoms with Gasteiger partial charge in [-0.3, -0.25) is 4.79 Å². The molecule has 1 N–H and O–H groups in total. The maximum Gasteiger partial charge on any atom is 0.303 e. The number of para-hydroxylation sites is 2. The van der Waals surface area contributed by atoms with E-state index in [9.17, 15) is 4.79 Å². The number of benzene rings is 4. The smallest absolute Gasteiger partial charge is 0.303 e. The standard InChI is InChI=1S/C27H23NO2/c29-27(30)20-13-21-11-14-22(15-12-21)23-16-18-26(19-17-23)28(24-7-3-1-4-8-24)25-9-5-2-6-10-25/h1-12,14-19H,13,20H2,(H,29,30). The summed E-state index contributed by atoms with van der Waals surface area (Å²) in [6.45, 7) is 0. The Kier molecular flexibility index (Phi) is 5.90. The summed E-state index contributed by atoms with van der Waals surface area (Å²) in [5, 5.41) is 8.84. The van der Waals surface area contributed by atoms with Gasteiger partial charge in [0.15, 0.2) is 0 Å². The molecule has 0 bridgehead atoms. The van der Waals surface area contributed by atoms with Crippen LogP contribution in [0.2, 0.25) is 0 Å². The van der Waals surface area contributed by atoms with Crippen LogP contribution >= 0.6 is 0 Å². The first kappa shape index (κ1) is 19.5. The first-order valence-corrected chi connectivity index (χ1v) is 10.0. The number of rotatable bonds is 7. The van der Waals surface area contributed by atoms with Gasteiger partial charge in [-0.1, -0.05) is 72.8 Å². The van der Waals surface area contributed by atoms with E-state index in [1.807, 2.05) is 48.5 Å². The largest absolute Gasteiger partial charge is 0.481 e. The van der Waals surface area contributed by atoms with Crippen LogP contribution in [0.25, 0.3) is 11.1 Å². The molecule has 4 aromatic carbocycles. The van der Waals surface area contributed by atoms with Crippen molar-refractivity contribution in [2.24, 2.45) is 0 Å². The van der Waals surface area contributed by atoms with Gasteiger partial charge in [0.25, 0.3) is 0 Å². The Balaban J connectivity index is 1.60. The van der Waals surface area contributed by atoms with Crippen molar-refractivity contribution in [3.63, 3.8) is 0 Å². The fraction of sp³-hybridized carbons (Fsp3) is 0.0741. The van der Waals surface area contributed by atoms with Crippen molar-refractivity contribution in [3.05, 3.63) is 115 Å². The van der Waals surface area contributed by atoms with Crippen LogP contribution in [-0.2, 0) is 11.2 Å². The molecule has 3 heteroatoms. The van der Waals surface area contributed by atoms with Crippen molar-refractivity contribution in [2.45, 2.75) is 12.8 Å². The minimum atomic E-state index is -0.768. The van der Waals surface area contributed by atoms with Crippen LogP contribution in [0.5, 0.6) is 0 Å². The number of carbonyl (C=O) groups is 1. The summed E-state index contributed by atoms with van der Waals surface area (Å²) in [7, 11) is 0. The van der Waals surface area contributed by atoms with Crippen LogP contribution in [0.1, 0.15) is 12.0 Å². The van der Waals surface area contributed by atoms with Gasteiger partial charge in [-0.2, -0.15) is 0 Å². The molecule has 0 spiro atoms. The summed E-state index contributed by atoms with van der Waals surface area (Å²) < 4.78 is 0. The molecule has 0 atom stereocenters. The lowest BCUT2D eigenvalue weighted by molar-refractivity contribution is -0.136. The van der Waals surface area contributed by atoms with Gasteiger partial charge in [0, 0.05) is 23.5 Å². The van der Waals surface area contributed by atoms with E-state index in [-0.39, 0.29) is 6.42 Å². The molecule has 30 heavy (non-hydrogen) atoms. The molecule has 0 saturated heterocycles. The number of aryl methyl sites for hydroxylation is 1. The highest BCUT2D eigenvalue weighted by molar-refractivity contribution is 5.78. The third-order valence-corrected chi connectivity index (χ3v) is 5.07. The highest BCUT2D eigenvalue weighted by atomic mass is 16.4. The van der Waals surface area contributed by atoms with Crippen LogP contribution in [0.4, 0.5) is 17.1 Å². The molecule has 0 saturated carbocycles. The van der Waals surface area contributed by atoms with Gasteiger partial charge in [0.05, 0.1) is 0 Å². The molecule has 0 amide bonds. The third kappa shape index (κ3) is 4.58. The molecule has 4 aromatic rings. The highest BCUT2D eigenvalue weighted by Gasteiger charge is 2.11. The van der Waals surface area contributed by atoms with E-state index in [1.54, 1.807) is 0 Å². The number of nitrogens with zero attached hydrogens (tertiary/aromatic N) is 1. The summed E-state index contributed by atoms with van der Waals surface area (Å²) in [5.74, 6) is -0.768. The summed E-state index contributed by atoms with van der Waals surface area (Å²) in [6.07, 6.45) is 0.709. The molecule has 0 aliphatic heterocycles. The molecule has 148 valence electrons. The molecule has 0 fully saturated rings. The molecular formula is C27H23NO2. The summed E-state index contributed by atoms with van der Waals surface area (Å²) in [4.78, 5) is 13.0. The molecule has 0 heterocycles. The van der Waals surface area contributed by atoms with Gasteiger partial charge in [-0.25, -0.2) is 0 Å².